The molecule has 3 rings (SSSR count). The van der Waals surface area contributed by atoms with Crippen molar-refractivity contribution in [1.29, 1.82) is 0 Å². The zero-order valence-corrected chi connectivity index (χ0v) is 16.0. The normalized spacial score (nSPS) is 16.6. The summed E-state index contributed by atoms with van der Waals surface area (Å²) in [6.07, 6.45) is 1.45. The molecule has 0 fully saturated rings. The number of nitrogens with zero attached hydrogens (tertiary/aromatic N) is 3. The van der Waals surface area contributed by atoms with Crippen molar-refractivity contribution in [3.8, 4) is 0 Å². The summed E-state index contributed by atoms with van der Waals surface area (Å²) in [4.78, 5) is 22.6. The van der Waals surface area contributed by atoms with Gasteiger partial charge in [0, 0.05) is 31.2 Å². The summed E-state index contributed by atoms with van der Waals surface area (Å²) in [6.45, 7) is 1.38. The number of hydrogen-bond donors (Lipinski definition) is 1. The monoisotopic (exact) mass is 402 g/mol. The van der Waals surface area contributed by atoms with E-state index in [1.165, 1.54) is 24.1 Å². The average molecular weight is 402 g/mol. The quantitative estimate of drug-likeness (QED) is 0.608. The van der Waals surface area contributed by atoms with Crippen molar-refractivity contribution in [3.05, 3.63) is 69.8 Å². The van der Waals surface area contributed by atoms with Crippen molar-refractivity contribution in [2.24, 2.45) is 5.10 Å². The highest BCUT2D eigenvalue weighted by molar-refractivity contribution is 7.92. The first-order valence-electron chi connectivity index (χ1n) is 8.34. The van der Waals surface area contributed by atoms with E-state index in [9.17, 15) is 23.3 Å². The lowest BCUT2D eigenvalue weighted by Crippen LogP contribution is -2.24. The van der Waals surface area contributed by atoms with Gasteiger partial charge in [-0.2, -0.15) is 5.10 Å². The molecule has 1 amide bonds. The van der Waals surface area contributed by atoms with E-state index in [0.717, 1.165) is 11.8 Å². The summed E-state index contributed by atoms with van der Waals surface area (Å²) in [6, 6.07) is 12.3. The zero-order valence-electron chi connectivity index (χ0n) is 15.2. The van der Waals surface area contributed by atoms with Crippen molar-refractivity contribution >= 4 is 33.0 Å². The van der Waals surface area contributed by atoms with Gasteiger partial charge in [0.2, 0.25) is 15.9 Å². The van der Waals surface area contributed by atoms with Gasteiger partial charge in [-0.3, -0.25) is 19.6 Å². The van der Waals surface area contributed by atoms with E-state index in [2.05, 4.69) is 9.82 Å². The minimum absolute atomic E-state index is 0.0503. The Morgan fingerprint density at radius 2 is 1.93 bits per heavy atom. The highest BCUT2D eigenvalue weighted by Gasteiger charge is 2.32. The molecule has 1 heterocycles. The third-order valence-corrected chi connectivity index (χ3v) is 4.83. The van der Waals surface area contributed by atoms with Gasteiger partial charge in [-0.05, 0) is 23.3 Å². The Bertz CT molecular complexity index is 1060. The standard InChI is InChI=1S/C18H18N4O5S/c1-12(23)21-18(14-4-3-5-16(10-14)22(24)25)11-17(19-21)13-6-8-15(9-7-13)20-28(2,26)27/h3-10,18,20H,11H2,1-2H3. The van der Waals surface area contributed by atoms with Gasteiger partial charge in [-0.1, -0.05) is 24.3 Å². The van der Waals surface area contributed by atoms with Gasteiger partial charge in [0.05, 0.1) is 22.9 Å². The zero-order chi connectivity index (χ0) is 20.5. The molecule has 2 aromatic rings. The molecule has 28 heavy (non-hydrogen) atoms. The summed E-state index contributed by atoms with van der Waals surface area (Å²) in [7, 11) is -3.37. The van der Waals surface area contributed by atoms with Crippen LogP contribution in [0.25, 0.3) is 0 Å². The third kappa shape index (κ3) is 4.34. The molecule has 0 radical (unpaired) electrons. The van der Waals surface area contributed by atoms with Crippen molar-refractivity contribution in [2.75, 3.05) is 11.0 Å². The molecule has 10 heteroatoms. The minimum Gasteiger partial charge on any atom is -0.284 e. The second-order valence-corrected chi connectivity index (χ2v) is 8.18. The lowest BCUT2D eigenvalue weighted by atomic mass is 9.98. The maximum absolute atomic E-state index is 12.0. The minimum atomic E-state index is -3.37. The summed E-state index contributed by atoms with van der Waals surface area (Å²) in [5.74, 6) is -0.276. The fourth-order valence-electron chi connectivity index (χ4n) is 3.03. The molecule has 0 spiro atoms. The van der Waals surface area contributed by atoms with Crippen molar-refractivity contribution < 1.29 is 18.1 Å². The second kappa shape index (κ2) is 7.39. The molecule has 1 atom stereocenters. The summed E-state index contributed by atoms with van der Waals surface area (Å²) >= 11 is 0. The molecule has 1 aliphatic rings. The second-order valence-electron chi connectivity index (χ2n) is 6.43. The molecule has 0 saturated carbocycles. The van der Waals surface area contributed by atoms with Crippen LogP contribution in [-0.4, -0.2) is 36.2 Å². The number of hydrazone groups is 1. The van der Waals surface area contributed by atoms with Gasteiger partial charge in [0.1, 0.15) is 0 Å². The molecule has 0 bridgehead atoms. The lowest BCUT2D eigenvalue weighted by Gasteiger charge is -2.20. The molecule has 2 aromatic carbocycles. The fraction of sp³-hybridized carbons (Fsp3) is 0.222. The Morgan fingerprint density at radius 1 is 1.25 bits per heavy atom. The van der Waals surface area contributed by atoms with Crippen LogP contribution in [-0.2, 0) is 14.8 Å². The van der Waals surface area contributed by atoms with E-state index in [0.29, 0.717) is 23.4 Å². The number of nitro benzene ring substituents is 1. The van der Waals surface area contributed by atoms with Gasteiger partial charge >= 0.3 is 0 Å². The van der Waals surface area contributed by atoms with E-state index in [1.807, 2.05) is 0 Å². The topological polar surface area (TPSA) is 122 Å². The molecular formula is C18H18N4O5S. The van der Waals surface area contributed by atoms with Crippen molar-refractivity contribution in [2.45, 2.75) is 19.4 Å². The molecule has 146 valence electrons. The predicted molar refractivity (Wildman–Crippen MR) is 104 cm³/mol. The van der Waals surface area contributed by atoms with Crippen molar-refractivity contribution in [3.63, 3.8) is 0 Å². The van der Waals surface area contributed by atoms with Crippen LogP contribution in [0.1, 0.15) is 30.5 Å². The first-order chi connectivity index (χ1) is 13.1. The molecular weight excluding hydrogens is 384 g/mol. The number of carbonyl (C=O) groups is 1. The average Bonchev–Trinajstić information content (AvgIpc) is 3.07. The van der Waals surface area contributed by atoms with Gasteiger partial charge in [-0.25, -0.2) is 13.4 Å². The van der Waals surface area contributed by atoms with Crippen LogP contribution < -0.4 is 4.72 Å². The Morgan fingerprint density at radius 3 is 2.50 bits per heavy atom. The highest BCUT2D eigenvalue weighted by Crippen LogP contribution is 2.34. The number of non-ortho nitro benzene ring substituents is 1. The van der Waals surface area contributed by atoms with Crippen LogP contribution in [0.5, 0.6) is 0 Å². The summed E-state index contributed by atoms with van der Waals surface area (Å²) < 4.78 is 25.0. The van der Waals surface area contributed by atoms with Crippen molar-refractivity contribution in [1.82, 2.24) is 5.01 Å². The number of sulfonamides is 1. The Hall–Kier alpha value is -3.27. The van der Waals surface area contributed by atoms with Crippen LogP contribution in [0.2, 0.25) is 0 Å². The van der Waals surface area contributed by atoms with Crippen LogP contribution in [0.4, 0.5) is 11.4 Å². The number of anilines is 1. The first-order valence-corrected chi connectivity index (χ1v) is 10.2. The summed E-state index contributed by atoms with van der Waals surface area (Å²) in [5.41, 5.74) is 2.36. The van der Waals surface area contributed by atoms with E-state index in [1.54, 1.807) is 36.4 Å². The predicted octanol–water partition coefficient (Wildman–Crippen LogP) is 2.66. The molecule has 9 nitrogen and oxygen atoms in total. The Balaban J connectivity index is 1.88. The largest absolute Gasteiger partial charge is 0.284 e. The Kier molecular flexibility index (Phi) is 5.14. The maximum atomic E-state index is 12.0. The summed E-state index contributed by atoms with van der Waals surface area (Å²) in [5, 5.41) is 16.8. The number of rotatable bonds is 5. The van der Waals surface area contributed by atoms with Gasteiger partial charge in [-0.15, -0.1) is 0 Å². The van der Waals surface area contributed by atoms with Crippen LogP contribution in [0.15, 0.2) is 53.6 Å². The Labute approximate surface area is 161 Å². The number of carbonyl (C=O) groups excluding carboxylic acids is 1. The fourth-order valence-corrected chi connectivity index (χ4v) is 3.59. The van der Waals surface area contributed by atoms with E-state index in [-0.39, 0.29) is 11.6 Å². The third-order valence-electron chi connectivity index (χ3n) is 4.22. The lowest BCUT2D eigenvalue weighted by molar-refractivity contribution is -0.384. The number of benzene rings is 2. The van der Waals surface area contributed by atoms with E-state index >= 15 is 0 Å². The number of nitro groups is 1. The smallest absolute Gasteiger partial charge is 0.269 e. The van der Waals surface area contributed by atoms with Crippen LogP contribution in [0.3, 0.4) is 0 Å². The van der Waals surface area contributed by atoms with Crippen LogP contribution >= 0.6 is 0 Å². The first kappa shape index (κ1) is 19.5. The van der Waals surface area contributed by atoms with Gasteiger partial charge in [0.25, 0.3) is 5.69 Å². The van der Waals surface area contributed by atoms with E-state index < -0.39 is 21.0 Å². The molecule has 1 unspecified atom stereocenters. The molecule has 1 N–H and O–H groups in total. The highest BCUT2D eigenvalue weighted by atomic mass is 32.2. The van der Waals surface area contributed by atoms with Gasteiger partial charge in [0.15, 0.2) is 0 Å². The SMILES string of the molecule is CC(=O)N1N=C(c2ccc(NS(C)(=O)=O)cc2)CC1c1cccc([N+](=O)[O-])c1. The van der Waals surface area contributed by atoms with E-state index in [4.69, 9.17) is 0 Å². The molecule has 1 aliphatic heterocycles. The van der Waals surface area contributed by atoms with Gasteiger partial charge < -0.3 is 0 Å². The number of amides is 1. The molecule has 0 saturated heterocycles. The molecule has 0 aliphatic carbocycles. The number of hydrogen-bond acceptors (Lipinski definition) is 6. The number of nitrogens with one attached hydrogen (secondary N) is 1. The molecule has 0 aromatic heterocycles. The van der Waals surface area contributed by atoms with Crippen LogP contribution in [0, 0.1) is 10.1 Å². The maximum Gasteiger partial charge on any atom is 0.269 e.